The summed E-state index contributed by atoms with van der Waals surface area (Å²) in [7, 11) is 0. The molecule has 0 saturated carbocycles. The Morgan fingerprint density at radius 1 is 1.31 bits per heavy atom. The van der Waals surface area contributed by atoms with Gasteiger partial charge in [0.1, 0.15) is 5.15 Å². The monoisotopic (exact) mass is 252 g/mol. The van der Waals surface area contributed by atoms with E-state index in [4.69, 9.17) is 11.6 Å². The van der Waals surface area contributed by atoms with Crippen LogP contribution in [0.5, 0.6) is 0 Å². The molecule has 3 nitrogen and oxygen atoms in total. The number of aromatic amines is 1. The zero-order chi connectivity index (χ0) is 11.4. The zero-order valence-corrected chi connectivity index (χ0v) is 9.89. The van der Waals surface area contributed by atoms with Crippen molar-refractivity contribution in [2.24, 2.45) is 0 Å². The van der Waals surface area contributed by atoms with E-state index in [1.807, 2.05) is 30.3 Å². The van der Waals surface area contributed by atoms with E-state index >= 15 is 0 Å². The minimum absolute atomic E-state index is 0.222. The van der Waals surface area contributed by atoms with Gasteiger partial charge < -0.3 is 4.98 Å². The van der Waals surface area contributed by atoms with Crippen molar-refractivity contribution < 1.29 is 0 Å². The maximum Gasteiger partial charge on any atom is 0.253 e. The molecule has 1 aromatic heterocycles. The van der Waals surface area contributed by atoms with Gasteiger partial charge in [0.2, 0.25) is 0 Å². The first kappa shape index (κ1) is 11.2. The van der Waals surface area contributed by atoms with E-state index in [9.17, 15) is 4.79 Å². The average molecular weight is 253 g/mol. The van der Waals surface area contributed by atoms with Crippen molar-refractivity contribution >= 4 is 23.4 Å². The highest BCUT2D eigenvalue weighted by molar-refractivity contribution is 7.98. The van der Waals surface area contributed by atoms with E-state index in [2.05, 4.69) is 9.97 Å². The average Bonchev–Trinajstić information content (AvgIpc) is 2.27. The quantitative estimate of drug-likeness (QED) is 0.519. The van der Waals surface area contributed by atoms with Crippen LogP contribution in [0, 0.1) is 0 Å². The molecule has 0 atom stereocenters. The molecule has 1 aromatic carbocycles. The number of halogens is 1. The predicted octanol–water partition coefficient (Wildman–Crippen LogP) is 2.72. The van der Waals surface area contributed by atoms with Gasteiger partial charge >= 0.3 is 0 Å². The maximum absolute atomic E-state index is 11.1. The highest BCUT2D eigenvalue weighted by Crippen LogP contribution is 2.18. The van der Waals surface area contributed by atoms with Crippen LogP contribution in [0.25, 0.3) is 0 Å². The van der Waals surface area contributed by atoms with Crippen LogP contribution in [-0.2, 0) is 5.75 Å². The fourth-order valence-corrected chi connectivity index (χ4v) is 2.27. The number of H-pyrrole nitrogens is 1. The van der Waals surface area contributed by atoms with E-state index in [-0.39, 0.29) is 10.7 Å². The van der Waals surface area contributed by atoms with Gasteiger partial charge in [-0.2, -0.15) is 0 Å². The van der Waals surface area contributed by atoms with Crippen LogP contribution >= 0.6 is 23.4 Å². The summed E-state index contributed by atoms with van der Waals surface area (Å²) in [6.07, 6.45) is 0. The maximum atomic E-state index is 11.1. The minimum Gasteiger partial charge on any atom is -0.301 e. The van der Waals surface area contributed by atoms with E-state index < -0.39 is 0 Å². The Balaban J connectivity index is 2.08. The third-order valence-corrected chi connectivity index (χ3v) is 3.05. The summed E-state index contributed by atoms with van der Waals surface area (Å²) in [6.45, 7) is 0. The Hall–Kier alpha value is -1.26. The Morgan fingerprint density at radius 2 is 2.06 bits per heavy atom. The molecule has 0 radical (unpaired) electrons. The van der Waals surface area contributed by atoms with Gasteiger partial charge in [0.05, 0.1) is 0 Å². The summed E-state index contributed by atoms with van der Waals surface area (Å²) in [4.78, 5) is 17.8. The Labute approximate surface area is 102 Å². The second-order valence-corrected chi connectivity index (χ2v) is 4.50. The fraction of sp³-hybridized carbons (Fsp3) is 0.0909. The van der Waals surface area contributed by atoms with Crippen molar-refractivity contribution in [2.45, 2.75) is 10.9 Å². The summed E-state index contributed by atoms with van der Waals surface area (Å²) >= 11 is 7.14. The molecule has 0 saturated heterocycles. The molecule has 0 aliphatic carbocycles. The first-order valence-corrected chi connectivity index (χ1v) is 6.04. The first-order valence-electron chi connectivity index (χ1n) is 4.67. The van der Waals surface area contributed by atoms with Crippen molar-refractivity contribution in [1.29, 1.82) is 0 Å². The lowest BCUT2D eigenvalue weighted by molar-refractivity contribution is 0.937. The molecule has 2 aromatic rings. The molecule has 82 valence electrons. The van der Waals surface area contributed by atoms with E-state index in [1.54, 1.807) is 0 Å². The highest BCUT2D eigenvalue weighted by Gasteiger charge is 2.00. The summed E-state index contributed by atoms with van der Waals surface area (Å²) in [5.41, 5.74) is 0.950. The second kappa shape index (κ2) is 5.18. The smallest absolute Gasteiger partial charge is 0.253 e. The van der Waals surface area contributed by atoms with Crippen molar-refractivity contribution in [3.8, 4) is 0 Å². The third-order valence-electron chi connectivity index (χ3n) is 1.91. The Bertz CT molecular complexity index is 527. The van der Waals surface area contributed by atoms with Gasteiger partial charge in [0.25, 0.3) is 5.56 Å². The Morgan fingerprint density at radius 3 is 2.75 bits per heavy atom. The third kappa shape index (κ3) is 3.12. The van der Waals surface area contributed by atoms with Gasteiger partial charge in [0, 0.05) is 11.8 Å². The van der Waals surface area contributed by atoms with Crippen molar-refractivity contribution in [2.75, 3.05) is 0 Å². The molecule has 0 unspecified atom stereocenters. The van der Waals surface area contributed by atoms with Crippen LogP contribution in [0.4, 0.5) is 0 Å². The predicted molar refractivity (Wildman–Crippen MR) is 65.9 cm³/mol. The molecule has 16 heavy (non-hydrogen) atoms. The molecule has 0 bridgehead atoms. The SMILES string of the molecule is O=c1cc(Cl)nc(SCc2ccccc2)[nH]1. The highest BCUT2D eigenvalue weighted by atomic mass is 35.5. The molecular formula is C11H9ClN2OS. The lowest BCUT2D eigenvalue weighted by Crippen LogP contribution is -2.06. The molecule has 0 fully saturated rings. The molecule has 0 aliphatic rings. The molecule has 2 rings (SSSR count). The topological polar surface area (TPSA) is 45.8 Å². The molecule has 1 N–H and O–H groups in total. The summed E-state index contributed by atoms with van der Waals surface area (Å²) in [6, 6.07) is 11.2. The fourth-order valence-electron chi connectivity index (χ4n) is 1.20. The molecule has 0 spiro atoms. The van der Waals surface area contributed by atoms with Gasteiger partial charge in [-0.15, -0.1) is 0 Å². The van der Waals surface area contributed by atoms with Gasteiger partial charge in [-0.3, -0.25) is 4.79 Å². The largest absolute Gasteiger partial charge is 0.301 e. The number of nitrogens with one attached hydrogen (secondary N) is 1. The number of hydrogen-bond donors (Lipinski definition) is 1. The van der Waals surface area contributed by atoms with Crippen LogP contribution in [0.2, 0.25) is 5.15 Å². The lowest BCUT2D eigenvalue weighted by Gasteiger charge is -2.00. The van der Waals surface area contributed by atoms with Crippen LogP contribution in [0.3, 0.4) is 0 Å². The molecular weight excluding hydrogens is 244 g/mol. The number of nitrogens with zero attached hydrogens (tertiary/aromatic N) is 1. The van der Waals surface area contributed by atoms with Gasteiger partial charge in [0.15, 0.2) is 5.16 Å². The summed E-state index contributed by atoms with van der Waals surface area (Å²) in [5, 5.41) is 0.765. The standard InChI is InChI=1S/C11H9ClN2OS/c12-9-6-10(15)14-11(13-9)16-7-8-4-2-1-3-5-8/h1-6H,7H2,(H,13,14,15). The van der Waals surface area contributed by atoms with E-state index in [0.29, 0.717) is 5.16 Å². The number of hydrogen-bond acceptors (Lipinski definition) is 3. The summed E-state index contributed by atoms with van der Waals surface area (Å²) in [5.74, 6) is 0.754. The molecule has 5 heteroatoms. The van der Waals surface area contributed by atoms with Gasteiger partial charge in [-0.25, -0.2) is 4.98 Å². The zero-order valence-electron chi connectivity index (χ0n) is 8.31. The number of benzene rings is 1. The molecule has 0 aliphatic heterocycles. The van der Waals surface area contributed by atoms with Gasteiger partial charge in [-0.05, 0) is 5.56 Å². The first-order chi connectivity index (χ1) is 7.74. The Kier molecular flexibility index (Phi) is 3.64. The van der Waals surface area contributed by atoms with Crippen LogP contribution in [-0.4, -0.2) is 9.97 Å². The number of rotatable bonds is 3. The van der Waals surface area contributed by atoms with Crippen molar-refractivity contribution in [3.05, 3.63) is 57.5 Å². The normalized spacial score (nSPS) is 10.3. The van der Waals surface area contributed by atoms with E-state index in [1.165, 1.54) is 23.4 Å². The molecule has 1 heterocycles. The van der Waals surface area contributed by atoms with Crippen LogP contribution < -0.4 is 5.56 Å². The minimum atomic E-state index is -0.226. The van der Waals surface area contributed by atoms with E-state index in [0.717, 1.165) is 5.75 Å². The van der Waals surface area contributed by atoms with Crippen molar-refractivity contribution in [1.82, 2.24) is 9.97 Å². The van der Waals surface area contributed by atoms with Crippen LogP contribution in [0.1, 0.15) is 5.56 Å². The van der Waals surface area contributed by atoms with Gasteiger partial charge in [-0.1, -0.05) is 53.7 Å². The van der Waals surface area contributed by atoms with Crippen LogP contribution in [0.15, 0.2) is 46.3 Å². The number of thioether (sulfide) groups is 1. The lowest BCUT2D eigenvalue weighted by atomic mass is 10.2. The second-order valence-electron chi connectivity index (χ2n) is 3.15. The van der Waals surface area contributed by atoms with Crippen molar-refractivity contribution in [3.63, 3.8) is 0 Å². The number of aromatic nitrogens is 2. The molecule has 0 amide bonds. The summed E-state index contributed by atoms with van der Waals surface area (Å²) < 4.78 is 0.